The first-order chi connectivity index (χ1) is 12.7. The molecule has 1 amide bonds. The van der Waals surface area contributed by atoms with E-state index in [0.29, 0.717) is 29.8 Å². The Morgan fingerprint density at radius 3 is 3.04 bits per heavy atom. The topological polar surface area (TPSA) is 98.7 Å². The summed E-state index contributed by atoms with van der Waals surface area (Å²) in [6.45, 7) is 2.24. The quantitative estimate of drug-likeness (QED) is 0.583. The maximum atomic E-state index is 12.2. The minimum absolute atomic E-state index is 0.235. The van der Waals surface area contributed by atoms with Crippen molar-refractivity contribution in [2.45, 2.75) is 13.5 Å². The molecule has 0 spiro atoms. The molecule has 9 heteroatoms. The molecule has 0 radical (unpaired) electrons. The number of carbonyl (C=O) groups is 1. The van der Waals surface area contributed by atoms with E-state index in [0.717, 1.165) is 10.4 Å². The van der Waals surface area contributed by atoms with Gasteiger partial charge in [-0.15, -0.1) is 11.3 Å². The van der Waals surface area contributed by atoms with Gasteiger partial charge in [0.2, 0.25) is 0 Å². The average Bonchev–Trinajstić information content (AvgIpc) is 3.41. The second-order valence-electron chi connectivity index (χ2n) is 5.48. The molecule has 1 N–H and O–H groups in total. The monoisotopic (exact) mass is 366 g/mol. The van der Waals surface area contributed by atoms with Gasteiger partial charge in [-0.25, -0.2) is 9.97 Å². The second kappa shape index (κ2) is 6.89. The molecule has 0 aromatic carbocycles. The van der Waals surface area contributed by atoms with E-state index in [-0.39, 0.29) is 5.91 Å². The number of aromatic nitrogens is 5. The minimum atomic E-state index is -0.235. The van der Waals surface area contributed by atoms with Gasteiger partial charge in [0.1, 0.15) is 17.8 Å². The first-order valence-electron chi connectivity index (χ1n) is 7.81. The van der Waals surface area contributed by atoms with Crippen molar-refractivity contribution >= 4 is 17.2 Å². The fourth-order valence-electron chi connectivity index (χ4n) is 2.34. The number of hydrogen-bond acceptors (Lipinski definition) is 7. The molecule has 0 aliphatic carbocycles. The van der Waals surface area contributed by atoms with Crippen LogP contribution < -0.4 is 5.32 Å². The number of hydrogen-bond donors (Lipinski definition) is 1. The lowest BCUT2D eigenvalue weighted by atomic mass is 10.2. The van der Waals surface area contributed by atoms with Crippen LogP contribution in [0.25, 0.3) is 17.3 Å². The number of thiophene rings is 1. The smallest absolute Gasteiger partial charge is 0.271 e. The molecule has 0 saturated carbocycles. The van der Waals surface area contributed by atoms with Gasteiger partial charge in [0.25, 0.3) is 11.8 Å². The zero-order valence-corrected chi connectivity index (χ0v) is 14.6. The Labute approximate surface area is 152 Å². The number of pyridine rings is 1. The third-order valence-corrected chi connectivity index (χ3v) is 4.48. The van der Waals surface area contributed by atoms with Crippen molar-refractivity contribution < 1.29 is 9.32 Å². The van der Waals surface area contributed by atoms with E-state index < -0.39 is 0 Å². The lowest BCUT2D eigenvalue weighted by molar-refractivity contribution is 0.0947. The second-order valence-corrected chi connectivity index (χ2v) is 6.51. The molecule has 8 nitrogen and oxygen atoms in total. The number of imidazole rings is 1. The molecule has 4 aromatic rings. The average molecular weight is 366 g/mol. The first kappa shape index (κ1) is 16.2. The van der Waals surface area contributed by atoms with Crippen LogP contribution in [0.3, 0.4) is 0 Å². The number of nitrogens with one attached hydrogen (secondary N) is 1. The van der Waals surface area contributed by atoms with Gasteiger partial charge >= 0.3 is 0 Å². The molecule has 0 aliphatic rings. The zero-order valence-electron chi connectivity index (χ0n) is 13.8. The van der Waals surface area contributed by atoms with Gasteiger partial charge in [0.05, 0.1) is 6.54 Å². The van der Waals surface area contributed by atoms with Crippen LogP contribution in [0, 0.1) is 6.92 Å². The van der Waals surface area contributed by atoms with Crippen molar-refractivity contribution in [1.29, 1.82) is 0 Å². The van der Waals surface area contributed by atoms with Crippen molar-refractivity contribution in [2.24, 2.45) is 0 Å². The normalized spacial score (nSPS) is 10.8. The maximum absolute atomic E-state index is 12.2. The van der Waals surface area contributed by atoms with Crippen molar-refractivity contribution in [3.63, 3.8) is 0 Å². The standard InChI is InChI=1S/C17H14N6O2S/c1-11-21-17(25-22-11)12-4-5-18-15(7-12)23-9-14(20-10-23)16(24)19-8-13-3-2-6-26-13/h2-7,9-10H,8H2,1H3,(H,19,24). The van der Waals surface area contributed by atoms with E-state index in [2.05, 4.69) is 25.4 Å². The van der Waals surface area contributed by atoms with Gasteiger partial charge in [-0.3, -0.25) is 9.36 Å². The lowest BCUT2D eigenvalue weighted by Crippen LogP contribution is -2.22. The number of amides is 1. The third kappa shape index (κ3) is 3.38. The fourth-order valence-corrected chi connectivity index (χ4v) is 2.99. The predicted molar refractivity (Wildman–Crippen MR) is 94.9 cm³/mol. The van der Waals surface area contributed by atoms with Gasteiger partial charge in [-0.1, -0.05) is 11.2 Å². The highest BCUT2D eigenvalue weighted by atomic mass is 32.1. The van der Waals surface area contributed by atoms with Crippen LogP contribution >= 0.6 is 11.3 Å². The van der Waals surface area contributed by atoms with Crippen molar-refractivity contribution in [1.82, 2.24) is 30.0 Å². The lowest BCUT2D eigenvalue weighted by Gasteiger charge is -2.02. The Hall–Kier alpha value is -3.33. The summed E-state index contributed by atoms with van der Waals surface area (Å²) in [5.41, 5.74) is 1.07. The number of aryl methyl sites for hydroxylation is 1. The fraction of sp³-hybridized carbons (Fsp3) is 0.118. The summed E-state index contributed by atoms with van der Waals surface area (Å²) in [5.74, 6) is 1.34. The first-order valence-corrected chi connectivity index (χ1v) is 8.69. The Bertz CT molecular complexity index is 1040. The highest BCUT2D eigenvalue weighted by molar-refractivity contribution is 7.09. The molecule has 4 heterocycles. The van der Waals surface area contributed by atoms with E-state index >= 15 is 0 Å². The van der Waals surface area contributed by atoms with Crippen LogP contribution in [-0.2, 0) is 6.54 Å². The SMILES string of the molecule is Cc1noc(-c2ccnc(-n3cnc(C(=O)NCc4cccs4)c3)c2)n1. The molecular formula is C17H14N6O2S. The van der Waals surface area contributed by atoms with Crippen LogP contribution in [0.2, 0.25) is 0 Å². The third-order valence-electron chi connectivity index (χ3n) is 3.60. The molecule has 4 rings (SSSR count). The molecule has 0 fully saturated rings. The van der Waals surface area contributed by atoms with E-state index in [4.69, 9.17) is 4.52 Å². The summed E-state index contributed by atoms with van der Waals surface area (Å²) in [4.78, 5) is 26.0. The van der Waals surface area contributed by atoms with Gasteiger partial charge in [-0.05, 0) is 30.5 Å². The van der Waals surface area contributed by atoms with Gasteiger partial charge in [-0.2, -0.15) is 4.98 Å². The molecule has 4 aromatic heterocycles. The highest BCUT2D eigenvalue weighted by Crippen LogP contribution is 2.19. The van der Waals surface area contributed by atoms with Gasteiger partial charge < -0.3 is 9.84 Å². The van der Waals surface area contributed by atoms with Crippen molar-refractivity contribution in [3.8, 4) is 17.3 Å². The Morgan fingerprint density at radius 1 is 1.35 bits per heavy atom. The van der Waals surface area contributed by atoms with E-state index in [1.807, 2.05) is 17.5 Å². The summed E-state index contributed by atoms with van der Waals surface area (Å²) < 4.78 is 6.85. The summed E-state index contributed by atoms with van der Waals surface area (Å²) in [6.07, 6.45) is 4.82. The van der Waals surface area contributed by atoms with Crippen molar-refractivity contribution in [2.75, 3.05) is 0 Å². The van der Waals surface area contributed by atoms with Crippen LogP contribution in [-0.4, -0.2) is 30.6 Å². The Morgan fingerprint density at radius 2 is 2.27 bits per heavy atom. The molecule has 0 saturated heterocycles. The van der Waals surface area contributed by atoms with Gasteiger partial charge in [0.15, 0.2) is 5.82 Å². The molecule has 0 bridgehead atoms. The van der Waals surface area contributed by atoms with Crippen LogP contribution in [0.1, 0.15) is 21.2 Å². The minimum Gasteiger partial charge on any atom is -0.346 e. The van der Waals surface area contributed by atoms with E-state index in [9.17, 15) is 4.79 Å². The summed E-state index contributed by atoms with van der Waals surface area (Å²) >= 11 is 1.59. The van der Waals surface area contributed by atoms with Crippen LogP contribution in [0.15, 0.2) is 52.9 Å². The van der Waals surface area contributed by atoms with Crippen LogP contribution in [0.5, 0.6) is 0 Å². The van der Waals surface area contributed by atoms with Crippen LogP contribution in [0.4, 0.5) is 0 Å². The van der Waals surface area contributed by atoms with Crippen molar-refractivity contribution in [3.05, 3.63) is 64.8 Å². The number of rotatable bonds is 5. The maximum Gasteiger partial charge on any atom is 0.271 e. The zero-order chi connectivity index (χ0) is 17.9. The predicted octanol–water partition coefficient (Wildman–Crippen LogP) is 2.62. The molecule has 26 heavy (non-hydrogen) atoms. The van der Waals surface area contributed by atoms with E-state index in [1.165, 1.54) is 0 Å². The number of carbonyl (C=O) groups excluding carboxylic acids is 1. The number of nitrogens with zero attached hydrogens (tertiary/aromatic N) is 5. The largest absolute Gasteiger partial charge is 0.346 e. The van der Waals surface area contributed by atoms with E-state index in [1.54, 1.807) is 53.7 Å². The summed E-state index contributed by atoms with van der Waals surface area (Å²) in [7, 11) is 0. The highest BCUT2D eigenvalue weighted by Gasteiger charge is 2.12. The summed E-state index contributed by atoms with van der Waals surface area (Å²) in [6, 6.07) is 7.49. The molecule has 0 unspecified atom stereocenters. The van der Waals surface area contributed by atoms with Gasteiger partial charge in [0, 0.05) is 22.8 Å². The molecular weight excluding hydrogens is 352 g/mol. The molecule has 0 atom stereocenters. The Kier molecular flexibility index (Phi) is 4.28. The molecule has 0 aliphatic heterocycles. The summed E-state index contributed by atoms with van der Waals surface area (Å²) in [5, 5.41) is 8.61. The molecule has 130 valence electrons. The Balaban J connectivity index is 1.51.